The number of carbonyl (C=O) groups is 1. The number of likely N-dealkylation sites (N-methyl/N-ethyl adjacent to an activating group) is 2. The van der Waals surface area contributed by atoms with E-state index in [1.54, 1.807) is 14.1 Å². The van der Waals surface area contributed by atoms with Crippen LogP contribution in [-0.2, 0) is 0 Å². The highest BCUT2D eigenvalue weighted by Crippen LogP contribution is 2.23. The summed E-state index contributed by atoms with van der Waals surface area (Å²) in [7, 11) is 3.44. The number of halogens is 2. The highest BCUT2D eigenvalue weighted by molar-refractivity contribution is 6.34. The number of hydrogen-bond acceptors (Lipinski definition) is 4. The maximum Gasteiger partial charge on any atom is 0.270 e. The van der Waals surface area contributed by atoms with Crippen molar-refractivity contribution in [2.75, 3.05) is 27.2 Å². The number of carbonyl (C=O) groups excluding carboxylic acids is 1. The summed E-state index contributed by atoms with van der Waals surface area (Å²) < 4.78 is 0. The first-order valence-electron chi connectivity index (χ1n) is 5.31. The van der Waals surface area contributed by atoms with E-state index < -0.39 is 4.92 Å². The zero-order valence-corrected chi connectivity index (χ0v) is 12.1. The molecule has 1 aromatic carbocycles. The Morgan fingerprint density at radius 1 is 1.53 bits per heavy atom. The molecule has 1 rings (SSSR count). The van der Waals surface area contributed by atoms with Gasteiger partial charge in [-0.15, -0.1) is 12.4 Å². The standard InChI is InChI=1S/C11H14ClN3O3.ClH/c1-13-5-6-14(2)11(16)9-4-3-8(15(17)18)7-10(9)12;/h3-4,7,13H,5-6H2,1-2H3;1H. The number of benzene rings is 1. The van der Waals surface area contributed by atoms with Crippen molar-refractivity contribution in [3.05, 3.63) is 38.9 Å². The molecule has 0 aliphatic rings. The fourth-order valence-electron chi connectivity index (χ4n) is 1.38. The third kappa shape index (κ3) is 4.66. The van der Waals surface area contributed by atoms with E-state index in [9.17, 15) is 14.9 Å². The molecule has 0 radical (unpaired) electrons. The van der Waals surface area contributed by atoms with E-state index in [1.807, 2.05) is 0 Å². The third-order valence-electron chi connectivity index (χ3n) is 2.44. The average molecular weight is 308 g/mol. The number of nitro benzene ring substituents is 1. The summed E-state index contributed by atoms with van der Waals surface area (Å²) in [5, 5.41) is 13.6. The van der Waals surface area contributed by atoms with Crippen LogP contribution in [0.4, 0.5) is 5.69 Å². The van der Waals surface area contributed by atoms with Gasteiger partial charge in [0.1, 0.15) is 0 Å². The lowest BCUT2D eigenvalue weighted by Crippen LogP contribution is -2.32. The number of hydrogen-bond donors (Lipinski definition) is 1. The Bertz CT molecular complexity index is 468. The smallest absolute Gasteiger partial charge is 0.270 e. The minimum absolute atomic E-state index is 0. The molecule has 0 aliphatic heterocycles. The van der Waals surface area contributed by atoms with Gasteiger partial charge in [-0.2, -0.15) is 0 Å². The lowest BCUT2D eigenvalue weighted by atomic mass is 10.2. The zero-order valence-electron chi connectivity index (χ0n) is 10.6. The molecule has 0 atom stereocenters. The Hall–Kier alpha value is -1.37. The van der Waals surface area contributed by atoms with Gasteiger partial charge in [0.25, 0.3) is 11.6 Å². The van der Waals surface area contributed by atoms with Gasteiger partial charge in [-0.3, -0.25) is 14.9 Å². The van der Waals surface area contributed by atoms with Crippen molar-refractivity contribution in [3.63, 3.8) is 0 Å². The maximum atomic E-state index is 12.0. The average Bonchev–Trinajstić information content (AvgIpc) is 2.34. The molecule has 0 bridgehead atoms. The number of nitro groups is 1. The van der Waals surface area contributed by atoms with Gasteiger partial charge in [0.15, 0.2) is 0 Å². The monoisotopic (exact) mass is 307 g/mol. The molecule has 0 aromatic heterocycles. The van der Waals surface area contributed by atoms with Crippen molar-refractivity contribution < 1.29 is 9.72 Å². The van der Waals surface area contributed by atoms with Crippen molar-refractivity contribution in [1.29, 1.82) is 0 Å². The molecule has 0 saturated heterocycles. The molecule has 1 aromatic rings. The van der Waals surface area contributed by atoms with Crippen LogP contribution in [0.2, 0.25) is 5.02 Å². The van der Waals surface area contributed by atoms with Crippen LogP contribution in [0.1, 0.15) is 10.4 Å². The SMILES string of the molecule is CNCCN(C)C(=O)c1ccc([N+](=O)[O-])cc1Cl.Cl. The molecule has 1 amide bonds. The zero-order chi connectivity index (χ0) is 13.7. The molecule has 0 unspecified atom stereocenters. The summed E-state index contributed by atoms with van der Waals surface area (Å²) in [6.45, 7) is 1.19. The molecule has 0 spiro atoms. The van der Waals surface area contributed by atoms with Crippen molar-refractivity contribution in [2.45, 2.75) is 0 Å². The van der Waals surface area contributed by atoms with Crippen LogP contribution in [0.15, 0.2) is 18.2 Å². The van der Waals surface area contributed by atoms with Gasteiger partial charge in [0.05, 0.1) is 15.5 Å². The Balaban J connectivity index is 0.00000324. The van der Waals surface area contributed by atoms with E-state index in [4.69, 9.17) is 11.6 Å². The molecule has 0 aliphatic carbocycles. The van der Waals surface area contributed by atoms with E-state index in [1.165, 1.54) is 23.1 Å². The second-order valence-electron chi connectivity index (χ2n) is 3.75. The number of rotatable bonds is 5. The Kier molecular flexibility index (Phi) is 7.36. The Labute approximate surface area is 122 Å². The predicted octanol–water partition coefficient (Wildman–Crippen LogP) is 1.96. The minimum Gasteiger partial charge on any atom is -0.340 e. The van der Waals surface area contributed by atoms with Crippen LogP contribution in [0.25, 0.3) is 0 Å². The number of nitrogens with zero attached hydrogens (tertiary/aromatic N) is 2. The van der Waals surface area contributed by atoms with Gasteiger partial charge < -0.3 is 10.2 Å². The summed E-state index contributed by atoms with van der Waals surface area (Å²) in [4.78, 5) is 23.5. The molecule has 19 heavy (non-hydrogen) atoms. The molecular weight excluding hydrogens is 293 g/mol. The van der Waals surface area contributed by atoms with Crippen LogP contribution in [-0.4, -0.2) is 42.9 Å². The van der Waals surface area contributed by atoms with Gasteiger partial charge in [-0.1, -0.05) is 11.6 Å². The van der Waals surface area contributed by atoms with Crippen LogP contribution in [0, 0.1) is 10.1 Å². The van der Waals surface area contributed by atoms with E-state index >= 15 is 0 Å². The summed E-state index contributed by atoms with van der Waals surface area (Å²) in [6, 6.07) is 3.82. The summed E-state index contributed by atoms with van der Waals surface area (Å²) in [5.74, 6) is -0.259. The molecule has 6 nitrogen and oxygen atoms in total. The first kappa shape index (κ1) is 17.6. The van der Waals surface area contributed by atoms with Crippen molar-refractivity contribution in [1.82, 2.24) is 10.2 Å². The molecule has 0 fully saturated rings. The Morgan fingerprint density at radius 3 is 2.63 bits per heavy atom. The van der Waals surface area contributed by atoms with E-state index in [2.05, 4.69) is 5.32 Å². The number of non-ortho nitro benzene ring substituents is 1. The summed E-state index contributed by atoms with van der Waals surface area (Å²) in [6.07, 6.45) is 0. The normalized spacial score (nSPS) is 9.63. The molecule has 0 heterocycles. The highest BCUT2D eigenvalue weighted by atomic mass is 35.5. The van der Waals surface area contributed by atoms with Crippen LogP contribution >= 0.6 is 24.0 Å². The highest BCUT2D eigenvalue weighted by Gasteiger charge is 2.17. The topological polar surface area (TPSA) is 75.5 Å². The first-order chi connectivity index (χ1) is 8.47. The Morgan fingerprint density at radius 2 is 2.16 bits per heavy atom. The second kappa shape index (κ2) is 7.93. The van der Waals surface area contributed by atoms with Crippen molar-refractivity contribution in [3.8, 4) is 0 Å². The minimum atomic E-state index is -0.551. The van der Waals surface area contributed by atoms with Crippen LogP contribution in [0.3, 0.4) is 0 Å². The van der Waals surface area contributed by atoms with E-state index in [0.717, 1.165) is 0 Å². The van der Waals surface area contributed by atoms with Crippen molar-refractivity contribution >= 4 is 35.6 Å². The first-order valence-corrected chi connectivity index (χ1v) is 5.69. The lowest BCUT2D eigenvalue weighted by Gasteiger charge is -2.17. The van der Waals surface area contributed by atoms with Crippen LogP contribution in [0.5, 0.6) is 0 Å². The number of nitrogens with one attached hydrogen (secondary N) is 1. The molecule has 106 valence electrons. The van der Waals surface area contributed by atoms with E-state index in [-0.39, 0.29) is 34.6 Å². The van der Waals surface area contributed by atoms with Gasteiger partial charge in [-0.05, 0) is 13.1 Å². The molecule has 8 heteroatoms. The second-order valence-corrected chi connectivity index (χ2v) is 4.16. The molecule has 0 saturated carbocycles. The predicted molar refractivity (Wildman–Crippen MR) is 76.2 cm³/mol. The third-order valence-corrected chi connectivity index (χ3v) is 2.75. The maximum absolute atomic E-state index is 12.0. The van der Waals surface area contributed by atoms with Crippen molar-refractivity contribution in [2.24, 2.45) is 0 Å². The molecular formula is C11H15Cl2N3O3. The largest absolute Gasteiger partial charge is 0.340 e. The quantitative estimate of drug-likeness (QED) is 0.666. The lowest BCUT2D eigenvalue weighted by molar-refractivity contribution is -0.384. The van der Waals surface area contributed by atoms with Crippen LogP contribution < -0.4 is 5.32 Å². The fraction of sp³-hybridized carbons (Fsp3) is 0.364. The van der Waals surface area contributed by atoms with E-state index in [0.29, 0.717) is 13.1 Å². The van der Waals surface area contributed by atoms with Gasteiger partial charge >= 0.3 is 0 Å². The fourth-order valence-corrected chi connectivity index (χ4v) is 1.63. The summed E-state index contributed by atoms with van der Waals surface area (Å²) >= 11 is 5.88. The van der Waals surface area contributed by atoms with Gasteiger partial charge in [0, 0.05) is 32.3 Å². The summed E-state index contributed by atoms with van der Waals surface area (Å²) in [5.41, 5.74) is 0.135. The molecule has 1 N–H and O–H groups in total. The van der Waals surface area contributed by atoms with Gasteiger partial charge in [-0.25, -0.2) is 0 Å². The number of amides is 1. The van der Waals surface area contributed by atoms with Gasteiger partial charge in [0.2, 0.25) is 0 Å².